The number of hydrogen-bond donors (Lipinski definition) is 1. The van der Waals surface area contributed by atoms with Gasteiger partial charge in [0.1, 0.15) is 23.0 Å². The third-order valence-electron chi connectivity index (χ3n) is 5.93. The number of Topliss-reactive ketones (excluding diaryl/α,β-unsaturated/α-hetero) is 1. The molecule has 0 spiro atoms. The summed E-state index contributed by atoms with van der Waals surface area (Å²) in [6.07, 6.45) is -0.0938. The van der Waals surface area contributed by atoms with Crippen LogP contribution in [0.1, 0.15) is 36.6 Å². The van der Waals surface area contributed by atoms with Crippen LogP contribution in [0.4, 0.5) is 5.69 Å². The quantitative estimate of drug-likeness (QED) is 0.278. The number of ether oxygens (including phenoxy) is 3. The Morgan fingerprint density at radius 3 is 2.32 bits per heavy atom. The van der Waals surface area contributed by atoms with E-state index < -0.39 is 17.7 Å². The molecule has 0 bridgehead atoms. The van der Waals surface area contributed by atoms with Crippen LogP contribution in [0.5, 0.6) is 17.2 Å². The van der Waals surface area contributed by atoms with Gasteiger partial charge in [-0.15, -0.1) is 0 Å². The fourth-order valence-electron chi connectivity index (χ4n) is 4.28. The molecule has 8 heteroatoms. The lowest BCUT2D eigenvalue weighted by atomic mass is 9.94. The summed E-state index contributed by atoms with van der Waals surface area (Å²) in [5.41, 5.74) is 1.52. The number of hydrogen-bond acceptors (Lipinski definition) is 7. The number of amides is 1. The zero-order valence-corrected chi connectivity index (χ0v) is 20.9. The molecule has 1 amide bonds. The predicted molar refractivity (Wildman–Crippen MR) is 138 cm³/mol. The van der Waals surface area contributed by atoms with Crippen molar-refractivity contribution in [3.8, 4) is 23.3 Å². The van der Waals surface area contributed by atoms with Gasteiger partial charge in [-0.1, -0.05) is 12.1 Å². The summed E-state index contributed by atoms with van der Waals surface area (Å²) in [5, 5.41) is 20.7. The molecular weight excluding hydrogens is 472 g/mol. The Morgan fingerprint density at radius 2 is 1.70 bits per heavy atom. The van der Waals surface area contributed by atoms with E-state index in [1.807, 2.05) is 19.9 Å². The smallest absolute Gasteiger partial charge is 0.300 e. The van der Waals surface area contributed by atoms with E-state index in [1.54, 1.807) is 66.7 Å². The van der Waals surface area contributed by atoms with Crippen LogP contribution in [0.15, 0.2) is 72.3 Å². The molecule has 37 heavy (non-hydrogen) atoms. The summed E-state index contributed by atoms with van der Waals surface area (Å²) in [7, 11) is 2.94. The standard InChI is InChI=1S/C29H26N2O6/c1-17(2)37-22-7-5-6-19(14-22)26-25(27(32)23-13-12-21(35-3)15-24(23)36-4)28(33)29(34)31(26)20-10-8-18(16-30)9-11-20/h5-15,17,26,32H,1-4H3/b27-25+. The van der Waals surface area contributed by atoms with E-state index in [2.05, 4.69) is 0 Å². The summed E-state index contributed by atoms with van der Waals surface area (Å²) in [6, 6.07) is 19.2. The van der Waals surface area contributed by atoms with Gasteiger partial charge in [-0.25, -0.2) is 0 Å². The van der Waals surface area contributed by atoms with E-state index in [1.165, 1.54) is 19.1 Å². The summed E-state index contributed by atoms with van der Waals surface area (Å²) in [6.45, 7) is 3.79. The summed E-state index contributed by atoms with van der Waals surface area (Å²) >= 11 is 0. The number of methoxy groups -OCH3 is 2. The van der Waals surface area contributed by atoms with E-state index in [9.17, 15) is 20.0 Å². The first-order chi connectivity index (χ1) is 17.8. The topological polar surface area (TPSA) is 109 Å². The molecule has 1 aliphatic rings. The van der Waals surface area contributed by atoms with Gasteiger partial charge in [-0.3, -0.25) is 14.5 Å². The second-order valence-corrected chi connectivity index (χ2v) is 8.63. The number of benzene rings is 3. The van der Waals surface area contributed by atoms with Gasteiger partial charge in [0.15, 0.2) is 0 Å². The maximum atomic E-state index is 13.4. The van der Waals surface area contributed by atoms with E-state index >= 15 is 0 Å². The molecule has 0 aliphatic carbocycles. The van der Waals surface area contributed by atoms with Crippen LogP contribution in [0.25, 0.3) is 5.76 Å². The van der Waals surface area contributed by atoms with Gasteiger partial charge in [-0.05, 0) is 67.9 Å². The van der Waals surface area contributed by atoms with Crippen LogP contribution in [0.2, 0.25) is 0 Å². The number of carbonyl (C=O) groups excluding carboxylic acids is 2. The van der Waals surface area contributed by atoms with E-state index in [4.69, 9.17) is 14.2 Å². The average Bonchev–Trinajstić information content (AvgIpc) is 3.17. The molecule has 4 rings (SSSR count). The molecule has 1 unspecified atom stereocenters. The SMILES string of the molecule is COc1ccc(/C(O)=C2\C(=O)C(=O)N(c3ccc(C#N)cc3)C2c2cccc(OC(C)C)c2)c(OC)c1. The highest BCUT2D eigenvalue weighted by molar-refractivity contribution is 6.51. The number of carbonyl (C=O) groups is 2. The molecule has 1 atom stereocenters. The van der Waals surface area contributed by atoms with Crippen molar-refractivity contribution in [2.24, 2.45) is 0 Å². The van der Waals surface area contributed by atoms with Crippen LogP contribution in [0.3, 0.4) is 0 Å². The van der Waals surface area contributed by atoms with E-state index in [0.717, 1.165) is 0 Å². The third-order valence-corrected chi connectivity index (χ3v) is 5.93. The van der Waals surface area contributed by atoms with Crippen LogP contribution in [-0.2, 0) is 9.59 Å². The fourth-order valence-corrected chi connectivity index (χ4v) is 4.28. The molecule has 1 aliphatic heterocycles. The maximum absolute atomic E-state index is 13.4. The Hall–Kier alpha value is -4.77. The largest absolute Gasteiger partial charge is 0.507 e. The first kappa shape index (κ1) is 25.3. The molecule has 3 aromatic rings. The maximum Gasteiger partial charge on any atom is 0.300 e. The number of nitriles is 1. The molecule has 0 radical (unpaired) electrons. The van der Waals surface area contributed by atoms with Crippen molar-refractivity contribution in [1.82, 2.24) is 0 Å². The van der Waals surface area contributed by atoms with Gasteiger partial charge in [0, 0.05) is 11.8 Å². The minimum absolute atomic E-state index is 0.0938. The highest BCUT2D eigenvalue weighted by Crippen LogP contribution is 2.44. The predicted octanol–water partition coefficient (Wildman–Crippen LogP) is 4.99. The van der Waals surface area contributed by atoms with Crippen LogP contribution < -0.4 is 19.1 Å². The monoisotopic (exact) mass is 498 g/mol. The van der Waals surface area contributed by atoms with Crippen molar-refractivity contribution >= 4 is 23.1 Å². The molecule has 1 heterocycles. The van der Waals surface area contributed by atoms with Crippen molar-refractivity contribution in [2.45, 2.75) is 26.0 Å². The summed E-state index contributed by atoms with van der Waals surface area (Å²) in [5.74, 6) is -0.702. The van der Waals surface area contributed by atoms with Crippen molar-refractivity contribution < 1.29 is 28.9 Å². The number of nitrogens with zero attached hydrogens (tertiary/aromatic N) is 2. The molecule has 0 aromatic heterocycles. The molecule has 8 nitrogen and oxygen atoms in total. The molecule has 1 fully saturated rings. The molecule has 1 saturated heterocycles. The Labute approximate surface area is 214 Å². The lowest BCUT2D eigenvalue weighted by Crippen LogP contribution is -2.29. The van der Waals surface area contributed by atoms with Gasteiger partial charge in [0.25, 0.3) is 11.7 Å². The van der Waals surface area contributed by atoms with Crippen LogP contribution >= 0.6 is 0 Å². The fraction of sp³-hybridized carbons (Fsp3) is 0.207. The second kappa shape index (κ2) is 10.5. The van der Waals surface area contributed by atoms with Crippen molar-refractivity contribution in [1.29, 1.82) is 5.26 Å². The Balaban J connectivity index is 1.95. The number of aliphatic hydroxyl groups excluding tert-OH is 1. The van der Waals surface area contributed by atoms with Crippen molar-refractivity contribution in [3.05, 3.63) is 89.0 Å². The second-order valence-electron chi connectivity index (χ2n) is 8.63. The number of aliphatic hydroxyl groups is 1. The number of anilines is 1. The average molecular weight is 499 g/mol. The van der Waals surface area contributed by atoms with Gasteiger partial charge < -0.3 is 19.3 Å². The van der Waals surface area contributed by atoms with Crippen molar-refractivity contribution in [3.63, 3.8) is 0 Å². The molecule has 1 N–H and O–H groups in total. The lowest BCUT2D eigenvalue weighted by Gasteiger charge is -2.26. The van der Waals surface area contributed by atoms with Gasteiger partial charge in [0.2, 0.25) is 0 Å². The van der Waals surface area contributed by atoms with Crippen molar-refractivity contribution in [2.75, 3.05) is 19.1 Å². The van der Waals surface area contributed by atoms with Crippen LogP contribution in [0, 0.1) is 11.3 Å². The highest BCUT2D eigenvalue weighted by Gasteiger charge is 2.47. The van der Waals surface area contributed by atoms with E-state index in [0.29, 0.717) is 28.3 Å². The Morgan fingerprint density at radius 1 is 0.973 bits per heavy atom. The van der Waals surface area contributed by atoms with E-state index in [-0.39, 0.29) is 28.7 Å². The molecule has 188 valence electrons. The minimum atomic E-state index is -0.963. The summed E-state index contributed by atoms with van der Waals surface area (Å²) in [4.78, 5) is 28.1. The molecular formula is C29H26N2O6. The Bertz CT molecular complexity index is 1420. The molecule has 3 aromatic carbocycles. The Kier molecular flexibility index (Phi) is 7.16. The number of ketones is 1. The van der Waals surface area contributed by atoms with Gasteiger partial charge >= 0.3 is 0 Å². The zero-order chi connectivity index (χ0) is 26.7. The first-order valence-electron chi connectivity index (χ1n) is 11.6. The summed E-state index contributed by atoms with van der Waals surface area (Å²) < 4.78 is 16.5. The third kappa shape index (κ3) is 4.84. The highest BCUT2D eigenvalue weighted by atomic mass is 16.5. The van der Waals surface area contributed by atoms with Crippen LogP contribution in [-0.4, -0.2) is 37.1 Å². The van der Waals surface area contributed by atoms with Gasteiger partial charge in [0.05, 0.1) is 49.1 Å². The minimum Gasteiger partial charge on any atom is -0.507 e. The van der Waals surface area contributed by atoms with Gasteiger partial charge in [-0.2, -0.15) is 5.26 Å². The molecule has 0 saturated carbocycles. The lowest BCUT2D eigenvalue weighted by molar-refractivity contribution is -0.132. The first-order valence-corrected chi connectivity index (χ1v) is 11.6. The number of rotatable bonds is 7. The zero-order valence-electron chi connectivity index (χ0n) is 20.9. The normalized spacial score (nSPS) is 16.5.